The number of carbonyl (C=O) groups excluding carboxylic acids is 1. The Morgan fingerprint density at radius 3 is 2.36 bits per heavy atom. The molecule has 4 heteroatoms. The Morgan fingerprint density at radius 1 is 1.14 bits per heavy atom. The van der Waals surface area contributed by atoms with Crippen LogP contribution >= 0.6 is 0 Å². The summed E-state index contributed by atoms with van der Waals surface area (Å²) >= 11 is 0. The van der Waals surface area contributed by atoms with Crippen LogP contribution < -0.4 is 10.6 Å². The highest BCUT2D eigenvalue weighted by Gasteiger charge is 2.30. The predicted octanol–water partition coefficient (Wildman–Crippen LogP) is 2.14. The van der Waals surface area contributed by atoms with E-state index < -0.39 is 0 Å². The van der Waals surface area contributed by atoms with Gasteiger partial charge >= 0.3 is 0 Å². The van der Waals surface area contributed by atoms with Gasteiger partial charge in [-0.25, -0.2) is 0 Å². The lowest BCUT2D eigenvalue weighted by atomic mass is 9.87. The van der Waals surface area contributed by atoms with Crippen molar-refractivity contribution in [2.45, 2.75) is 13.0 Å². The van der Waals surface area contributed by atoms with E-state index in [1.807, 2.05) is 49.4 Å². The van der Waals surface area contributed by atoms with Crippen LogP contribution in [0.5, 0.6) is 0 Å². The van der Waals surface area contributed by atoms with Crippen LogP contribution in [0.1, 0.15) is 24.1 Å². The maximum atomic E-state index is 12.6. The fourth-order valence-corrected chi connectivity index (χ4v) is 2.71. The van der Waals surface area contributed by atoms with Crippen molar-refractivity contribution >= 4 is 5.91 Å². The largest absolute Gasteiger partial charge is 0.345 e. The highest BCUT2D eigenvalue weighted by atomic mass is 16.1. The number of amides is 1. The first-order valence-corrected chi connectivity index (χ1v) is 7.71. The van der Waals surface area contributed by atoms with E-state index in [1.165, 1.54) is 0 Å². The first kappa shape index (κ1) is 14.7. The lowest BCUT2D eigenvalue weighted by Gasteiger charge is -2.33. The van der Waals surface area contributed by atoms with E-state index in [1.54, 1.807) is 12.4 Å². The SMILES string of the molecule is CC(C(=O)NC(c1ccccc1)c1ccncc1)C1CNC1. The molecule has 0 radical (unpaired) electrons. The Kier molecular flexibility index (Phi) is 4.49. The van der Waals surface area contributed by atoms with Crippen LogP contribution in [0.15, 0.2) is 54.9 Å². The maximum absolute atomic E-state index is 12.6. The molecule has 1 aromatic heterocycles. The number of pyridine rings is 1. The van der Waals surface area contributed by atoms with Gasteiger partial charge < -0.3 is 10.6 Å². The molecule has 0 bridgehead atoms. The van der Waals surface area contributed by atoms with Gasteiger partial charge in [-0.15, -0.1) is 0 Å². The quantitative estimate of drug-likeness (QED) is 0.888. The van der Waals surface area contributed by atoms with Crippen molar-refractivity contribution in [3.8, 4) is 0 Å². The van der Waals surface area contributed by atoms with Crippen LogP contribution in [-0.4, -0.2) is 24.0 Å². The molecular formula is C18H21N3O. The third-order valence-electron chi connectivity index (χ3n) is 4.39. The fourth-order valence-electron chi connectivity index (χ4n) is 2.71. The predicted molar refractivity (Wildman–Crippen MR) is 86.2 cm³/mol. The molecule has 0 saturated carbocycles. The van der Waals surface area contributed by atoms with Crippen LogP contribution in [0.25, 0.3) is 0 Å². The van der Waals surface area contributed by atoms with E-state index in [4.69, 9.17) is 0 Å². The molecule has 2 aromatic rings. The normalized spacial score (nSPS) is 17.3. The summed E-state index contributed by atoms with van der Waals surface area (Å²) in [6, 6.07) is 13.8. The molecule has 22 heavy (non-hydrogen) atoms. The Hall–Kier alpha value is -2.20. The summed E-state index contributed by atoms with van der Waals surface area (Å²) in [4.78, 5) is 16.6. The van der Waals surface area contributed by atoms with Crippen molar-refractivity contribution < 1.29 is 4.79 Å². The first-order valence-electron chi connectivity index (χ1n) is 7.71. The Morgan fingerprint density at radius 2 is 1.77 bits per heavy atom. The van der Waals surface area contributed by atoms with E-state index in [2.05, 4.69) is 15.6 Å². The van der Waals surface area contributed by atoms with E-state index in [0.29, 0.717) is 5.92 Å². The number of benzene rings is 1. The average Bonchev–Trinajstić information content (AvgIpc) is 2.52. The summed E-state index contributed by atoms with van der Waals surface area (Å²) in [6.07, 6.45) is 3.52. The maximum Gasteiger partial charge on any atom is 0.223 e. The zero-order valence-electron chi connectivity index (χ0n) is 12.7. The molecule has 1 fully saturated rings. The minimum absolute atomic E-state index is 0.0225. The average molecular weight is 295 g/mol. The summed E-state index contributed by atoms with van der Waals surface area (Å²) in [6.45, 7) is 3.87. The highest BCUT2D eigenvalue weighted by Crippen LogP contribution is 2.23. The van der Waals surface area contributed by atoms with Gasteiger partial charge in [0.05, 0.1) is 6.04 Å². The Bertz CT molecular complexity index is 571. The topological polar surface area (TPSA) is 54.0 Å². The zero-order valence-corrected chi connectivity index (χ0v) is 12.7. The Labute approximate surface area is 131 Å². The summed E-state index contributed by atoms with van der Waals surface area (Å²) in [5, 5.41) is 6.43. The molecule has 0 spiro atoms. The summed E-state index contributed by atoms with van der Waals surface area (Å²) in [7, 11) is 0. The van der Waals surface area contributed by atoms with Crippen molar-refractivity contribution in [3.63, 3.8) is 0 Å². The minimum atomic E-state index is -0.132. The molecule has 2 atom stereocenters. The van der Waals surface area contributed by atoms with E-state index in [0.717, 1.165) is 24.2 Å². The molecule has 4 nitrogen and oxygen atoms in total. The van der Waals surface area contributed by atoms with Gasteiger partial charge in [0.15, 0.2) is 0 Å². The van der Waals surface area contributed by atoms with E-state index >= 15 is 0 Å². The van der Waals surface area contributed by atoms with E-state index in [9.17, 15) is 4.79 Å². The van der Waals surface area contributed by atoms with Crippen molar-refractivity contribution in [1.29, 1.82) is 0 Å². The van der Waals surface area contributed by atoms with Gasteiger partial charge in [0.25, 0.3) is 0 Å². The highest BCUT2D eigenvalue weighted by molar-refractivity contribution is 5.79. The fraction of sp³-hybridized carbons (Fsp3) is 0.333. The standard InChI is InChI=1S/C18H21N3O/c1-13(16-11-20-12-16)18(22)21-17(14-5-3-2-4-6-14)15-7-9-19-10-8-15/h2-10,13,16-17,20H,11-12H2,1H3,(H,21,22). The second kappa shape index (κ2) is 6.71. The second-order valence-electron chi connectivity index (χ2n) is 5.84. The lowest BCUT2D eigenvalue weighted by Crippen LogP contribution is -2.50. The molecule has 1 aliphatic rings. The van der Waals surface area contributed by atoms with Crippen LogP contribution in [0.2, 0.25) is 0 Å². The van der Waals surface area contributed by atoms with E-state index in [-0.39, 0.29) is 17.9 Å². The molecule has 114 valence electrons. The first-order chi connectivity index (χ1) is 10.8. The number of nitrogens with zero attached hydrogens (tertiary/aromatic N) is 1. The molecule has 2 N–H and O–H groups in total. The molecule has 2 unspecified atom stereocenters. The monoisotopic (exact) mass is 295 g/mol. The summed E-state index contributed by atoms with van der Waals surface area (Å²) in [5.74, 6) is 0.570. The summed E-state index contributed by atoms with van der Waals surface area (Å²) in [5.41, 5.74) is 2.13. The van der Waals surface area contributed by atoms with Gasteiger partial charge in [0.2, 0.25) is 5.91 Å². The number of rotatable bonds is 5. The van der Waals surface area contributed by atoms with Gasteiger partial charge in [-0.3, -0.25) is 9.78 Å². The Balaban J connectivity index is 1.81. The molecule has 1 amide bonds. The molecule has 1 saturated heterocycles. The van der Waals surface area contributed by atoms with Crippen LogP contribution in [0, 0.1) is 11.8 Å². The third-order valence-corrected chi connectivity index (χ3v) is 4.39. The molecular weight excluding hydrogens is 274 g/mol. The van der Waals surface area contributed by atoms with Crippen molar-refractivity contribution in [2.75, 3.05) is 13.1 Å². The number of aromatic nitrogens is 1. The molecule has 1 aliphatic heterocycles. The third kappa shape index (κ3) is 3.17. The number of hydrogen-bond donors (Lipinski definition) is 2. The second-order valence-corrected chi connectivity index (χ2v) is 5.84. The van der Waals surface area contributed by atoms with Gasteiger partial charge in [-0.2, -0.15) is 0 Å². The number of carbonyl (C=O) groups is 1. The van der Waals surface area contributed by atoms with Crippen LogP contribution in [0.3, 0.4) is 0 Å². The van der Waals surface area contributed by atoms with Gasteiger partial charge in [-0.05, 0) is 42.3 Å². The van der Waals surface area contributed by atoms with Crippen molar-refractivity contribution in [2.24, 2.45) is 11.8 Å². The molecule has 0 aliphatic carbocycles. The smallest absolute Gasteiger partial charge is 0.223 e. The lowest BCUT2D eigenvalue weighted by molar-refractivity contribution is -0.127. The zero-order chi connectivity index (χ0) is 15.4. The van der Waals surface area contributed by atoms with Gasteiger partial charge in [0, 0.05) is 18.3 Å². The molecule has 3 rings (SSSR count). The molecule has 2 heterocycles. The summed E-state index contributed by atoms with van der Waals surface area (Å²) < 4.78 is 0. The van der Waals surface area contributed by atoms with Crippen molar-refractivity contribution in [3.05, 3.63) is 66.0 Å². The van der Waals surface area contributed by atoms with Crippen LogP contribution in [0.4, 0.5) is 0 Å². The number of hydrogen-bond acceptors (Lipinski definition) is 3. The number of nitrogens with one attached hydrogen (secondary N) is 2. The van der Waals surface area contributed by atoms with Crippen molar-refractivity contribution in [1.82, 2.24) is 15.6 Å². The van der Waals surface area contributed by atoms with Gasteiger partial charge in [0.1, 0.15) is 0 Å². The molecule has 1 aromatic carbocycles. The van der Waals surface area contributed by atoms with Gasteiger partial charge in [-0.1, -0.05) is 37.3 Å². The minimum Gasteiger partial charge on any atom is -0.345 e. The van der Waals surface area contributed by atoms with Crippen LogP contribution in [-0.2, 0) is 4.79 Å².